The van der Waals surface area contributed by atoms with Crippen LogP contribution in [0.15, 0.2) is 28.8 Å². The Hall–Kier alpha value is -2.45. The van der Waals surface area contributed by atoms with Crippen molar-refractivity contribution in [3.63, 3.8) is 0 Å². The molecule has 1 amide bonds. The number of carbonyl (C=O) groups is 1. The Balaban J connectivity index is 1.69. The second-order valence-electron chi connectivity index (χ2n) is 5.84. The number of nitrogens with one attached hydrogen (secondary N) is 3. The number of nitrogens with zero attached hydrogens (tertiary/aromatic N) is 2. The average molecular weight is 331 g/mol. The molecule has 1 aliphatic heterocycles. The molecule has 8 nitrogen and oxygen atoms in total. The molecule has 0 bridgehead atoms. The van der Waals surface area contributed by atoms with E-state index in [1.165, 1.54) is 0 Å². The Bertz CT molecular complexity index is 717. The summed E-state index contributed by atoms with van der Waals surface area (Å²) in [5.74, 6) is 1.37. The first-order valence-corrected chi connectivity index (χ1v) is 7.85. The minimum Gasteiger partial charge on any atom is -0.497 e. The lowest BCUT2D eigenvalue weighted by Gasteiger charge is -2.16. The standard InChI is InChI=1S/C16H21N5O3/c1-9-13(8-17-20-9)15(22)18-10(2)16-19-14(21-24-16)11-5-4-6-12(7-11)23-3/h4-7,9-10,13,17,20H,8H2,1-3H3,(H,18,22). The monoisotopic (exact) mass is 331 g/mol. The molecule has 0 saturated carbocycles. The summed E-state index contributed by atoms with van der Waals surface area (Å²) in [5.41, 5.74) is 6.80. The van der Waals surface area contributed by atoms with Gasteiger partial charge in [0.2, 0.25) is 17.6 Å². The lowest BCUT2D eigenvalue weighted by Crippen LogP contribution is -2.39. The van der Waals surface area contributed by atoms with Gasteiger partial charge >= 0.3 is 0 Å². The number of hydrogen-bond acceptors (Lipinski definition) is 7. The molecule has 3 atom stereocenters. The molecule has 128 valence electrons. The van der Waals surface area contributed by atoms with E-state index in [1.807, 2.05) is 38.1 Å². The first-order chi connectivity index (χ1) is 11.6. The van der Waals surface area contributed by atoms with Crippen LogP contribution < -0.4 is 20.9 Å². The minimum atomic E-state index is -0.364. The van der Waals surface area contributed by atoms with Gasteiger partial charge < -0.3 is 14.6 Å². The van der Waals surface area contributed by atoms with Crippen LogP contribution in [0.3, 0.4) is 0 Å². The van der Waals surface area contributed by atoms with Gasteiger partial charge in [0, 0.05) is 18.2 Å². The van der Waals surface area contributed by atoms with Gasteiger partial charge in [-0.05, 0) is 26.0 Å². The van der Waals surface area contributed by atoms with Gasteiger partial charge in [0.05, 0.1) is 13.0 Å². The molecule has 8 heteroatoms. The van der Waals surface area contributed by atoms with Gasteiger partial charge in [0.15, 0.2) is 0 Å². The van der Waals surface area contributed by atoms with E-state index < -0.39 is 0 Å². The number of hydrogen-bond donors (Lipinski definition) is 3. The van der Waals surface area contributed by atoms with E-state index in [0.717, 1.165) is 11.3 Å². The molecule has 1 saturated heterocycles. The van der Waals surface area contributed by atoms with E-state index in [1.54, 1.807) is 7.11 Å². The molecule has 1 aromatic heterocycles. The third-order valence-electron chi connectivity index (χ3n) is 4.09. The Morgan fingerprint density at radius 1 is 1.50 bits per heavy atom. The smallest absolute Gasteiger partial charge is 0.249 e. The summed E-state index contributed by atoms with van der Waals surface area (Å²) in [6.45, 7) is 4.38. The number of aromatic nitrogens is 2. The van der Waals surface area contributed by atoms with E-state index in [9.17, 15) is 4.79 Å². The van der Waals surface area contributed by atoms with Crippen molar-refractivity contribution < 1.29 is 14.1 Å². The lowest BCUT2D eigenvalue weighted by atomic mass is 10.0. The van der Waals surface area contributed by atoms with Crippen LogP contribution in [0.4, 0.5) is 0 Å². The van der Waals surface area contributed by atoms with Gasteiger partial charge in [-0.2, -0.15) is 4.98 Å². The van der Waals surface area contributed by atoms with Crippen LogP contribution in [-0.4, -0.2) is 35.7 Å². The number of carbonyl (C=O) groups excluding carboxylic acids is 1. The van der Waals surface area contributed by atoms with Crippen molar-refractivity contribution in [2.24, 2.45) is 5.92 Å². The lowest BCUT2D eigenvalue weighted by molar-refractivity contribution is -0.125. The zero-order valence-corrected chi connectivity index (χ0v) is 13.9. The maximum Gasteiger partial charge on any atom is 0.249 e. The highest BCUT2D eigenvalue weighted by Crippen LogP contribution is 2.23. The van der Waals surface area contributed by atoms with Crippen LogP contribution in [-0.2, 0) is 4.79 Å². The number of hydrazine groups is 1. The highest BCUT2D eigenvalue weighted by molar-refractivity contribution is 5.80. The highest BCUT2D eigenvalue weighted by Gasteiger charge is 2.31. The molecule has 0 radical (unpaired) electrons. The van der Waals surface area contributed by atoms with Crippen LogP contribution in [0.2, 0.25) is 0 Å². The quantitative estimate of drug-likeness (QED) is 0.752. The van der Waals surface area contributed by atoms with E-state index in [0.29, 0.717) is 18.3 Å². The molecule has 3 unspecified atom stereocenters. The van der Waals surface area contributed by atoms with Crippen molar-refractivity contribution in [1.82, 2.24) is 26.3 Å². The molecule has 1 aliphatic rings. The van der Waals surface area contributed by atoms with E-state index in [-0.39, 0.29) is 23.9 Å². The topological polar surface area (TPSA) is 101 Å². The number of methoxy groups -OCH3 is 1. The summed E-state index contributed by atoms with van der Waals surface area (Å²) in [6, 6.07) is 7.12. The number of ether oxygens (including phenoxy) is 1. The van der Waals surface area contributed by atoms with E-state index in [4.69, 9.17) is 9.26 Å². The maximum atomic E-state index is 12.3. The summed E-state index contributed by atoms with van der Waals surface area (Å²) in [4.78, 5) is 16.7. The second-order valence-corrected chi connectivity index (χ2v) is 5.84. The molecule has 3 rings (SSSR count). The van der Waals surface area contributed by atoms with E-state index in [2.05, 4.69) is 26.3 Å². The molecule has 2 heterocycles. The van der Waals surface area contributed by atoms with E-state index >= 15 is 0 Å². The summed E-state index contributed by atoms with van der Waals surface area (Å²) >= 11 is 0. The van der Waals surface area contributed by atoms with Crippen LogP contribution in [0.5, 0.6) is 5.75 Å². The number of benzene rings is 1. The number of rotatable bonds is 5. The second kappa shape index (κ2) is 6.98. The van der Waals surface area contributed by atoms with Gasteiger partial charge in [-0.3, -0.25) is 15.6 Å². The summed E-state index contributed by atoms with van der Waals surface area (Å²) in [7, 11) is 1.60. The predicted molar refractivity (Wildman–Crippen MR) is 86.9 cm³/mol. The number of amides is 1. The molecule has 24 heavy (non-hydrogen) atoms. The maximum absolute atomic E-state index is 12.3. The fourth-order valence-electron chi connectivity index (χ4n) is 2.60. The highest BCUT2D eigenvalue weighted by atomic mass is 16.5. The third-order valence-corrected chi connectivity index (χ3v) is 4.09. The first-order valence-electron chi connectivity index (χ1n) is 7.85. The normalized spacial score (nSPS) is 21.5. The zero-order chi connectivity index (χ0) is 17.1. The van der Waals surface area contributed by atoms with Crippen molar-refractivity contribution >= 4 is 5.91 Å². The zero-order valence-electron chi connectivity index (χ0n) is 13.9. The first kappa shape index (κ1) is 16.4. The van der Waals surface area contributed by atoms with Gasteiger partial charge in [-0.1, -0.05) is 17.3 Å². The molecule has 1 aromatic carbocycles. The SMILES string of the molecule is COc1cccc(-c2noc(C(C)NC(=O)C3CNNC3C)n2)c1. The Morgan fingerprint density at radius 3 is 3.04 bits per heavy atom. The molecular weight excluding hydrogens is 310 g/mol. The summed E-state index contributed by atoms with van der Waals surface area (Å²) < 4.78 is 10.5. The van der Waals surface area contributed by atoms with Crippen molar-refractivity contribution in [2.45, 2.75) is 25.9 Å². The van der Waals surface area contributed by atoms with Crippen LogP contribution >= 0.6 is 0 Å². The molecule has 1 fully saturated rings. The molecule has 2 aromatic rings. The Labute approximate surface area is 139 Å². The van der Waals surface area contributed by atoms with Crippen LogP contribution in [0.25, 0.3) is 11.4 Å². The van der Waals surface area contributed by atoms with Gasteiger partial charge in [0.25, 0.3) is 0 Å². The van der Waals surface area contributed by atoms with Crippen molar-refractivity contribution in [3.05, 3.63) is 30.2 Å². The fraction of sp³-hybridized carbons (Fsp3) is 0.438. The molecular formula is C16H21N5O3. The summed E-state index contributed by atoms with van der Waals surface area (Å²) in [6.07, 6.45) is 0. The summed E-state index contributed by atoms with van der Waals surface area (Å²) in [5, 5.41) is 6.90. The molecule has 0 spiro atoms. The van der Waals surface area contributed by atoms with Gasteiger partial charge in [-0.25, -0.2) is 0 Å². The minimum absolute atomic E-state index is 0.0476. The van der Waals surface area contributed by atoms with Crippen molar-refractivity contribution in [3.8, 4) is 17.1 Å². The third kappa shape index (κ3) is 3.39. The van der Waals surface area contributed by atoms with Crippen molar-refractivity contribution in [2.75, 3.05) is 13.7 Å². The van der Waals surface area contributed by atoms with Crippen molar-refractivity contribution in [1.29, 1.82) is 0 Å². The Morgan fingerprint density at radius 2 is 2.33 bits per heavy atom. The predicted octanol–water partition coefficient (Wildman–Crippen LogP) is 1.03. The largest absolute Gasteiger partial charge is 0.497 e. The van der Waals surface area contributed by atoms with Gasteiger partial charge in [0.1, 0.15) is 11.8 Å². The van der Waals surface area contributed by atoms with Crippen LogP contribution in [0.1, 0.15) is 25.8 Å². The molecule has 0 aliphatic carbocycles. The average Bonchev–Trinajstić information content (AvgIpc) is 3.24. The fourth-order valence-corrected chi connectivity index (χ4v) is 2.60. The molecule has 3 N–H and O–H groups in total. The van der Waals surface area contributed by atoms with Gasteiger partial charge in [-0.15, -0.1) is 0 Å². The van der Waals surface area contributed by atoms with Crippen LogP contribution in [0, 0.1) is 5.92 Å². The Kier molecular flexibility index (Phi) is 4.77.